The zero-order valence-electron chi connectivity index (χ0n) is 14.3. The molecule has 0 bridgehead atoms. The molecule has 1 unspecified atom stereocenters. The van der Waals surface area contributed by atoms with Crippen molar-refractivity contribution in [2.45, 2.75) is 12.5 Å². The lowest BCUT2D eigenvalue weighted by Gasteiger charge is -2.19. The van der Waals surface area contributed by atoms with Crippen LogP contribution >= 0.6 is 0 Å². The molecular weight excluding hydrogens is 329 g/mol. The second-order valence-electron chi connectivity index (χ2n) is 5.89. The van der Waals surface area contributed by atoms with Gasteiger partial charge in [-0.1, -0.05) is 60.7 Å². The van der Waals surface area contributed by atoms with Crippen molar-refractivity contribution in [1.29, 1.82) is 0 Å². The number of carbonyl (C=O) groups excluding carboxylic acids is 1. The molecule has 1 amide bonds. The Morgan fingerprint density at radius 3 is 2.31 bits per heavy atom. The predicted molar refractivity (Wildman–Crippen MR) is 99.4 cm³/mol. The van der Waals surface area contributed by atoms with Crippen molar-refractivity contribution in [1.82, 2.24) is 5.32 Å². The summed E-state index contributed by atoms with van der Waals surface area (Å²) in [6.07, 6.45) is -0.192. The second-order valence-corrected chi connectivity index (χ2v) is 5.89. The monoisotopic (exact) mass is 349 g/mol. The highest BCUT2D eigenvalue weighted by Crippen LogP contribution is 2.22. The maximum Gasteiger partial charge on any atom is 0.265 e. The molecule has 0 aliphatic carbocycles. The van der Waals surface area contributed by atoms with Gasteiger partial charge in [-0.3, -0.25) is 4.79 Å². The first-order chi connectivity index (χ1) is 12.7. The lowest BCUT2D eigenvalue weighted by molar-refractivity contribution is -0.128. The number of hydrogen-bond donors (Lipinski definition) is 1. The maximum absolute atomic E-state index is 13.2. The van der Waals surface area contributed by atoms with E-state index in [4.69, 9.17) is 4.74 Å². The van der Waals surface area contributed by atoms with Gasteiger partial charge in [-0.15, -0.1) is 0 Å². The Morgan fingerprint density at radius 2 is 1.62 bits per heavy atom. The van der Waals surface area contributed by atoms with E-state index in [9.17, 15) is 9.18 Å². The number of ether oxygens (including phenoxy) is 1. The molecule has 0 spiro atoms. The third-order valence-corrected chi connectivity index (χ3v) is 3.94. The van der Waals surface area contributed by atoms with Gasteiger partial charge in [-0.2, -0.15) is 0 Å². The highest BCUT2D eigenvalue weighted by atomic mass is 19.1. The summed E-state index contributed by atoms with van der Waals surface area (Å²) in [5.41, 5.74) is 1.62. The van der Waals surface area contributed by atoms with Gasteiger partial charge in [-0.25, -0.2) is 4.39 Å². The molecule has 3 aromatic rings. The Hall–Kier alpha value is -3.14. The molecule has 1 N–H and O–H groups in total. The van der Waals surface area contributed by atoms with Gasteiger partial charge in [0.15, 0.2) is 0 Å². The van der Waals surface area contributed by atoms with Crippen molar-refractivity contribution in [3.63, 3.8) is 0 Å². The van der Waals surface area contributed by atoms with Crippen LogP contribution in [-0.2, 0) is 11.2 Å². The SMILES string of the molecule is O=C(NCCc1cccc(F)c1)C(Oc1ccccc1)c1ccccc1. The van der Waals surface area contributed by atoms with Crippen LogP contribution in [-0.4, -0.2) is 12.5 Å². The average Bonchev–Trinajstić information content (AvgIpc) is 2.67. The van der Waals surface area contributed by atoms with Crippen LogP contribution < -0.4 is 10.1 Å². The number of halogens is 1. The van der Waals surface area contributed by atoms with Crippen molar-refractivity contribution in [3.8, 4) is 5.75 Å². The van der Waals surface area contributed by atoms with E-state index in [2.05, 4.69) is 5.32 Å². The van der Waals surface area contributed by atoms with Crippen molar-refractivity contribution in [2.24, 2.45) is 0 Å². The Kier molecular flexibility index (Phi) is 5.99. The molecule has 0 aliphatic heterocycles. The molecule has 4 heteroatoms. The fourth-order valence-corrected chi connectivity index (χ4v) is 2.65. The Labute approximate surface area is 152 Å². The van der Waals surface area contributed by atoms with Crippen LogP contribution in [0.5, 0.6) is 5.75 Å². The first-order valence-electron chi connectivity index (χ1n) is 8.51. The van der Waals surface area contributed by atoms with Crippen LogP contribution in [0.1, 0.15) is 17.2 Å². The normalized spacial score (nSPS) is 11.6. The molecule has 0 aromatic heterocycles. The van der Waals surface area contributed by atoms with Crippen molar-refractivity contribution >= 4 is 5.91 Å². The molecule has 3 rings (SSSR count). The molecule has 132 valence electrons. The van der Waals surface area contributed by atoms with E-state index in [0.29, 0.717) is 18.7 Å². The van der Waals surface area contributed by atoms with Crippen LogP contribution in [0.25, 0.3) is 0 Å². The van der Waals surface area contributed by atoms with Crippen LogP contribution in [0.3, 0.4) is 0 Å². The molecule has 0 fully saturated rings. The number of benzene rings is 3. The average molecular weight is 349 g/mol. The quantitative estimate of drug-likeness (QED) is 0.690. The fraction of sp³-hybridized carbons (Fsp3) is 0.136. The highest BCUT2D eigenvalue weighted by molar-refractivity contribution is 5.82. The molecule has 0 heterocycles. The minimum absolute atomic E-state index is 0.226. The number of carbonyl (C=O) groups is 1. The lowest BCUT2D eigenvalue weighted by Crippen LogP contribution is -2.33. The second kappa shape index (κ2) is 8.81. The van der Waals surface area contributed by atoms with Crippen molar-refractivity contribution in [2.75, 3.05) is 6.54 Å². The molecule has 26 heavy (non-hydrogen) atoms. The van der Waals surface area contributed by atoms with Crippen molar-refractivity contribution < 1.29 is 13.9 Å². The molecule has 3 nitrogen and oxygen atoms in total. The number of rotatable bonds is 7. The summed E-state index contributed by atoms with van der Waals surface area (Å²) < 4.78 is 19.1. The maximum atomic E-state index is 13.2. The molecule has 0 radical (unpaired) electrons. The summed E-state index contributed by atoms with van der Waals surface area (Å²) in [6.45, 7) is 0.407. The van der Waals surface area contributed by atoms with E-state index in [0.717, 1.165) is 11.1 Å². The van der Waals surface area contributed by atoms with Crippen LogP contribution in [0.15, 0.2) is 84.9 Å². The molecular formula is C22H20FNO2. The van der Waals surface area contributed by atoms with Gasteiger partial charge in [0, 0.05) is 12.1 Å². The molecule has 0 aliphatic rings. The Bertz CT molecular complexity index is 837. The summed E-state index contributed by atoms with van der Waals surface area (Å²) in [4.78, 5) is 12.7. The van der Waals surface area contributed by atoms with E-state index in [1.165, 1.54) is 12.1 Å². The Balaban J connectivity index is 1.66. The summed E-state index contributed by atoms with van der Waals surface area (Å²) >= 11 is 0. The van der Waals surface area contributed by atoms with Gasteiger partial charge in [-0.05, 0) is 36.2 Å². The zero-order chi connectivity index (χ0) is 18.2. The topological polar surface area (TPSA) is 38.3 Å². The van der Waals surface area contributed by atoms with Gasteiger partial charge in [0.25, 0.3) is 5.91 Å². The molecule has 0 saturated heterocycles. The molecule has 3 aromatic carbocycles. The third-order valence-electron chi connectivity index (χ3n) is 3.94. The summed E-state index contributed by atoms with van der Waals surface area (Å²) in [5.74, 6) is 0.126. The smallest absolute Gasteiger partial charge is 0.265 e. The van der Waals surface area contributed by atoms with E-state index in [-0.39, 0.29) is 11.7 Å². The van der Waals surface area contributed by atoms with E-state index in [1.807, 2.05) is 66.7 Å². The Morgan fingerprint density at radius 1 is 0.923 bits per heavy atom. The van der Waals surface area contributed by atoms with Crippen LogP contribution in [0.2, 0.25) is 0 Å². The first kappa shape index (κ1) is 17.7. The molecule has 1 atom stereocenters. The van der Waals surface area contributed by atoms with Gasteiger partial charge in [0.1, 0.15) is 11.6 Å². The van der Waals surface area contributed by atoms with E-state index < -0.39 is 6.10 Å². The van der Waals surface area contributed by atoms with Gasteiger partial charge in [0.2, 0.25) is 6.10 Å². The molecule has 0 saturated carbocycles. The summed E-state index contributed by atoms with van der Waals surface area (Å²) in [7, 11) is 0. The third kappa shape index (κ3) is 4.93. The summed E-state index contributed by atoms with van der Waals surface area (Å²) in [5, 5.41) is 2.88. The first-order valence-corrected chi connectivity index (χ1v) is 8.51. The minimum Gasteiger partial charge on any atom is -0.476 e. The number of nitrogens with one attached hydrogen (secondary N) is 1. The van der Waals surface area contributed by atoms with Gasteiger partial charge in [0.05, 0.1) is 0 Å². The van der Waals surface area contributed by atoms with Crippen molar-refractivity contribution in [3.05, 3.63) is 102 Å². The lowest BCUT2D eigenvalue weighted by atomic mass is 10.1. The van der Waals surface area contributed by atoms with E-state index in [1.54, 1.807) is 6.07 Å². The van der Waals surface area contributed by atoms with Gasteiger partial charge < -0.3 is 10.1 Å². The largest absolute Gasteiger partial charge is 0.476 e. The van der Waals surface area contributed by atoms with Crippen LogP contribution in [0, 0.1) is 5.82 Å². The minimum atomic E-state index is -0.744. The summed E-state index contributed by atoms with van der Waals surface area (Å²) in [6, 6.07) is 25.0. The number of amides is 1. The fourth-order valence-electron chi connectivity index (χ4n) is 2.65. The predicted octanol–water partition coefficient (Wildman–Crippen LogP) is 4.30. The van der Waals surface area contributed by atoms with Crippen LogP contribution in [0.4, 0.5) is 4.39 Å². The number of para-hydroxylation sites is 1. The standard InChI is InChI=1S/C22H20FNO2/c23-19-11-7-8-17(16-19)14-15-24-22(25)21(18-9-3-1-4-10-18)26-20-12-5-2-6-13-20/h1-13,16,21H,14-15H2,(H,24,25). The highest BCUT2D eigenvalue weighted by Gasteiger charge is 2.22. The zero-order valence-corrected chi connectivity index (χ0v) is 14.3. The number of hydrogen-bond acceptors (Lipinski definition) is 2. The van der Waals surface area contributed by atoms with E-state index >= 15 is 0 Å². The van der Waals surface area contributed by atoms with Gasteiger partial charge >= 0.3 is 0 Å².